The summed E-state index contributed by atoms with van der Waals surface area (Å²) in [5.74, 6) is 0.466. The highest BCUT2D eigenvalue weighted by Gasteiger charge is 2.15. The first-order valence-corrected chi connectivity index (χ1v) is 6.85. The minimum Gasteiger partial charge on any atom is -0.330 e. The van der Waals surface area contributed by atoms with E-state index >= 15 is 0 Å². The second-order valence-corrected chi connectivity index (χ2v) is 5.26. The maximum Gasteiger partial charge on any atom is 0.0406 e. The first-order valence-electron chi connectivity index (χ1n) is 6.47. The van der Waals surface area contributed by atoms with Gasteiger partial charge < -0.3 is 10.6 Å². The van der Waals surface area contributed by atoms with Crippen LogP contribution < -0.4 is 5.73 Å². The molecule has 1 atom stereocenters. The summed E-state index contributed by atoms with van der Waals surface area (Å²) in [6.07, 6.45) is 3.86. The van der Waals surface area contributed by atoms with Gasteiger partial charge in [0.2, 0.25) is 0 Å². The Hall–Kier alpha value is -0.280. The van der Waals surface area contributed by atoms with Crippen LogP contribution in [0, 0.1) is 0 Å². The number of hydrogen-bond donors (Lipinski definition) is 1. The Morgan fingerprint density at radius 1 is 1.17 bits per heavy atom. The Balaban J connectivity index is 0.00000162. The van der Waals surface area contributed by atoms with Crippen molar-refractivity contribution in [3.8, 4) is 0 Å². The third-order valence-corrected chi connectivity index (χ3v) is 3.87. The molecule has 0 amide bonds. The van der Waals surface area contributed by atoms with Gasteiger partial charge in [-0.1, -0.05) is 23.7 Å². The molecule has 1 unspecified atom stereocenters. The molecule has 102 valence electrons. The smallest absolute Gasteiger partial charge is 0.0406 e. The van der Waals surface area contributed by atoms with E-state index in [1.54, 1.807) is 0 Å². The van der Waals surface area contributed by atoms with Gasteiger partial charge in [-0.05, 0) is 69.1 Å². The van der Waals surface area contributed by atoms with E-state index in [9.17, 15) is 0 Å². The summed E-state index contributed by atoms with van der Waals surface area (Å²) >= 11 is 5.90. The van der Waals surface area contributed by atoms with Crippen LogP contribution in [0.25, 0.3) is 0 Å². The van der Waals surface area contributed by atoms with Gasteiger partial charge in [0.25, 0.3) is 0 Å². The van der Waals surface area contributed by atoms with Crippen molar-refractivity contribution in [1.29, 1.82) is 0 Å². The van der Waals surface area contributed by atoms with Gasteiger partial charge in [0, 0.05) is 5.02 Å². The van der Waals surface area contributed by atoms with Crippen LogP contribution in [0.5, 0.6) is 0 Å². The third kappa shape index (κ3) is 4.43. The molecular weight excluding hydrogens is 267 g/mol. The first-order chi connectivity index (χ1) is 8.29. The van der Waals surface area contributed by atoms with Crippen LogP contribution in [0.4, 0.5) is 0 Å². The van der Waals surface area contributed by atoms with Crippen molar-refractivity contribution in [2.45, 2.75) is 25.2 Å². The van der Waals surface area contributed by atoms with E-state index in [2.05, 4.69) is 17.0 Å². The predicted octanol–water partition coefficient (Wildman–Crippen LogP) is 3.29. The number of nitrogens with zero attached hydrogens (tertiary/aromatic N) is 1. The van der Waals surface area contributed by atoms with Gasteiger partial charge in [0.15, 0.2) is 0 Å². The van der Waals surface area contributed by atoms with E-state index in [1.165, 1.54) is 38.0 Å². The SMILES string of the molecule is Cl.NCC(CCN1CCCC1)c1ccc(Cl)cc1. The average molecular weight is 289 g/mol. The summed E-state index contributed by atoms with van der Waals surface area (Å²) in [6, 6.07) is 8.11. The van der Waals surface area contributed by atoms with Gasteiger partial charge >= 0.3 is 0 Å². The second kappa shape index (κ2) is 8.00. The minimum atomic E-state index is 0. The summed E-state index contributed by atoms with van der Waals surface area (Å²) in [5.41, 5.74) is 7.19. The molecule has 0 radical (unpaired) electrons. The molecule has 18 heavy (non-hydrogen) atoms. The molecule has 1 aliphatic heterocycles. The molecule has 0 spiro atoms. The highest BCUT2D eigenvalue weighted by molar-refractivity contribution is 6.30. The van der Waals surface area contributed by atoms with Gasteiger partial charge in [-0.25, -0.2) is 0 Å². The minimum absolute atomic E-state index is 0. The normalized spacial score (nSPS) is 17.4. The van der Waals surface area contributed by atoms with Crippen molar-refractivity contribution >= 4 is 24.0 Å². The van der Waals surface area contributed by atoms with E-state index in [1.807, 2.05) is 12.1 Å². The van der Waals surface area contributed by atoms with E-state index in [0.717, 1.165) is 18.0 Å². The zero-order valence-corrected chi connectivity index (χ0v) is 12.2. The quantitative estimate of drug-likeness (QED) is 0.901. The highest BCUT2D eigenvalue weighted by Crippen LogP contribution is 2.22. The average Bonchev–Trinajstić information content (AvgIpc) is 2.85. The van der Waals surface area contributed by atoms with Gasteiger partial charge in [-0.3, -0.25) is 0 Å². The molecule has 0 bridgehead atoms. The molecule has 0 aromatic heterocycles. The lowest BCUT2D eigenvalue weighted by Crippen LogP contribution is -2.24. The highest BCUT2D eigenvalue weighted by atomic mass is 35.5. The molecule has 0 saturated carbocycles. The van der Waals surface area contributed by atoms with Gasteiger partial charge in [0.05, 0.1) is 0 Å². The summed E-state index contributed by atoms with van der Waals surface area (Å²) in [5, 5.41) is 0.795. The topological polar surface area (TPSA) is 29.3 Å². The fraction of sp³-hybridized carbons (Fsp3) is 0.571. The van der Waals surface area contributed by atoms with Crippen molar-refractivity contribution in [3.63, 3.8) is 0 Å². The van der Waals surface area contributed by atoms with Crippen molar-refractivity contribution in [2.24, 2.45) is 5.73 Å². The molecule has 1 heterocycles. The van der Waals surface area contributed by atoms with Crippen molar-refractivity contribution < 1.29 is 0 Å². The van der Waals surface area contributed by atoms with Crippen LogP contribution in [0.2, 0.25) is 5.02 Å². The Bertz CT molecular complexity index is 334. The van der Waals surface area contributed by atoms with Gasteiger partial charge in [-0.2, -0.15) is 0 Å². The molecular formula is C14H22Cl2N2. The van der Waals surface area contributed by atoms with Crippen molar-refractivity contribution in [3.05, 3.63) is 34.9 Å². The van der Waals surface area contributed by atoms with Crippen LogP contribution in [0.1, 0.15) is 30.7 Å². The lowest BCUT2D eigenvalue weighted by atomic mass is 9.96. The number of nitrogens with two attached hydrogens (primary N) is 1. The largest absolute Gasteiger partial charge is 0.330 e. The van der Waals surface area contributed by atoms with Crippen LogP contribution in [0.15, 0.2) is 24.3 Å². The van der Waals surface area contributed by atoms with Crippen LogP contribution in [0.3, 0.4) is 0 Å². The maximum absolute atomic E-state index is 5.90. The van der Waals surface area contributed by atoms with E-state index in [0.29, 0.717) is 5.92 Å². The maximum atomic E-state index is 5.90. The molecule has 1 aromatic rings. The Morgan fingerprint density at radius 2 is 1.78 bits per heavy atom. The van der Waals surface area contributed by atoms with E-state index in [-0.39, 0.29) is 12.4 Å². The lowest BCUT2D eigenvalue weighted by molar-refractivity contribution is 0.322. The zero-order valence-electron chi connectivity index (χ0n) is 10.6. The van der Waals surface area contributed by atoms with Crippen molar-refractivity contribution in [1.82, 2.24) is 4.90 Å². The number of likely N-dealkylation sites (tertiary alicyclic amines) is 1. The molecule has 0 aliphatic carbocycles. The van der Waals surface area contributed by atoms with Crippen LogP contribution in [-0.2, 0) is 0 Å². The summed E-state index contributed by atoms with van der Waals surface area (Å²) in [7, 11) is 0. The molecule has 4 heteroatoms. The Labute approximate surface area is 121 Å². The van der Waals surface area contributed by atoms with Gasteiger partial charge in [0.1, 0.15) is 0 Å². The fourth-order valence-corrected chi connectivity index (χ4v) is 2.63. The zero-order chi connectivity index (χ0) is 12.1. The Morgan fingerprint density at radius 3 is 2.33 bits per heavy atom. The number of benzene rings is 1. The first kappa shape index (κ1) is 15.8. The second-order valence-electron chi connectivity index (χ2n) is 4.82. The number of halogens is 2. The van der Waals surface area contributed by atoms with Crippen molar-refractivity contribution in [2.75, 3.05) is 26.2 Å². The lowest BCUT2D eigenvalue weighted by Gasteiger charge is -2.20. The summed E-state index contributed by atoms with van der Waals surface area (Å²) in [6.45, 7) is 4.41. The molecule has 2 N–H and O–H groups in total. The molecule has 1 aliphatic rings. The number of hydrogen-bond acceptors (Lipinski definition) is 2. The molecule has 2 nitrogen and oxygen atoms in total. The molecule has 1 aromatic carbocycles. The monoisotopic (exact) mass is 288 g/mol. The molecule has 2 rings (SSSR count). The summed E-state index contributed by atoms with van der Waals surface area (Å²) in [4.78, 5) is 2.54. The van der Waals surface area contributed by atoms with E-state index in [4.69, 9.17) is 17.3 Å². The fourth-order valence-electron chi connectivity index (χ4n) is 2.50. The third-order valence-electron chi connectivity index (χ3n) is 3.62. The van der Waals surface area contributed by atoms with Crippen LogP contribution >= 0.6 is 24.0 Å². The summed E-state index contributed by atoms with van der Waals surface area (Å²) < 4.78 is 0. The molecule has 1 fully saturated rings. The van der Waals surface area contributed by atoms with Crippen LogP contribution in [-0.4, -0.2) is 31.1 Å². The Kier molecular flexibility index (Phi) is 7.02. The van der Waals surface area contributed by atoms with E-state index < -0.39 is 0 Å². The predicted molar refractivity (Wildman–Crippen MR) is 80.8 cm³/mol. The molecule has 1 saturated heterocycles. The van der Waals surface area contributed by atoms with Gasteiger partial charge in [-0.15, -0.1) is 12.4 Å². The number of rotatable bonds is 5. The standard InChI is InChI=1S/C14H21ClN2.ClH/c15-14-5-3-12(4-6-14)13(11-16)7-10-17-8-1-2-9-17;/h3-6,13H,1-2,7-11,16H2;1H.